The van der Waals surface area contributed by atoms with Gasteiger partial charge in [0.1, 0.15) is 17.2 Å². The average molecular weight is 530 g/mol. The first kappa shape index (κ1) is 27.6. The van der Waals surface area contributed by atoms with E-state index in [0.29, 0.717) is 23.4 Å². The highest BCUT2D eigenvalue weighted by molar-refractivity contribution is 6.10. The van der Waals surface area contributed by atoms with Gasteiger partial charge in [-0.05, 0) is 56.2 Å². The van der Waals surface area contributed by atoms with Crippen LogP contribution in [0.4, 0.5) is 10.5 Å². The number of benzene rings is 2. The number of anilines is 1. The van der Waals surface area contributed by atoms with Crippen LogP contribution in [0.1, 0.15) is 60.7 Å². The predicted octanol–water partition coefficient (Wildman–Crippen LogP) is 3.34. The van der Waals surface area contributed by atoms with Crippen molar-refractivity contribution in [3.05, 3.63) is 64.7 Å². The van der Waals surface area contributed by atoms with Crippen molar-refractivity contribution in [3.8, 4) is 12.1 Å². The summed E-state index contributed by atoms with van der Waals surface area (Å²) in [7, 11) is 0. The van der Waals surface area contributed by atoms with Crippen LogP contribution in [0.2, 0.25) is 0 Å². The topological polar surface area (TPSA) is 145 Å². The van der Waals surface area contributed by atoms with Gasteiger partial charge in [0.2, 0.25) is 5.91 Å². The Morgan fingerprint density at radius 2 is 1.90 bits per heavy atom. The van der Waals surface area contributed by atoms with Crippen molar-refractivity contribution in [2.75, 3.05) is 18.1 Å². The van der Waals surface area contributed by atoms with Gasteiger partial charge in [-0.3, -0.25) is 9.59 Å². The molecule has 4 rings (SSSR count). The molecule has 1 saturated heterocycles. The Labute approximate surface area is 227 Å². The van der Waals surface area contributed by atoms with Crippen LogP contribution < -0.4 is 15.5 Å². The maximum absolute atomic E-state index is 13.4. The highest BCUT2D eigenvalue weighted by atomic mass is 16.6. The van der Waals surface area contributed by atoms with Crippen molar-refractivity contribution in [3.63, 3.8) is 0 Å². The van der Waals surface area contributed by atoms with Gasteiger partial charge >= 0.3 is 6.09 Å². The molecule has 0 unspecified atom stereocenters. The summed E-state index contributed by atoms with van der Waals surface area (Å²) in [4.78, 5) is 40.5. The standard InChI is InChI=1S/C29H31N5O5/c1-28(2,3)39-27(37)33-29(9-11-38-12-10-29)26(36)32-22(17-31)14-19-7-8-24-21(13-19)18-34(25(24)35)23-6-4-5-20(15-23)16-30/h4-8,13,15,22H,9-12,14,18H2,1-3H3,(H,32,36)(H,33,37)/t22-/m0/s1. The van der Waals surface area contributed by atoms with Gasteiger partial charge in [-0.25, -0.2) is 4.79 Å². The summed E-state index contributed by atoms with van der Waals surface area (Å²) >= 11 is 0. The fourth-order valence-corrected chi connectivity index (χ4v) is 4.74. The number of alkyl carbamates (subject to hydrolysis) is 1. The molecule has 3 amide bonds. The van der Waals surface area contributed by atoms with Gasteiger partial charge in [-0.1, -0.05) is 18.2 Å². The van der Waals surface area contributed by atoms with Crippen LogP contribution >= 0.6 is 0 Å². The Balaban J connectivity index is 1.46. The van der Waals surface area contributed by atoms with E-state index in [0.717, 1.165) is 11.1 Å². The minimum atomic E-state index is -1.25. The van der Waals surface area contributed by atoms with Crippen molar-refractivity contribution in [2.24, 2.45) is 0 Å². The van der Waals surface area contributed by atoms with Crippen LogP contribution in [0.3, 0.4) is 0 Å². The lowest BCUT2D eigenvalue weighted by Crippen LogP contribution is -2.63. The molecule has 10 nitrogen and oxygen atoms in total. The molecule has 2 aliphatic heterocycles. The zero-order valence-corrected chi connectivity index (χ0v) is 22.2. The van der Waals surface area contributed by atoms with E-state index in [1.807, 2.05) is 6.07 Å². The maximum atomic E-state index is 13.4. The Hall–Kier alpha value is -4.41. The van der Waals surface area contributed by atoms with Gasteiger partial charge in [0.25, 0.3) is 5.91 Å². The Bertz CT molecular complexity index is 1360. The van der Waals surface area contributed by atoms with E-state index in [9.17, 15) is 24.9 Å². The SMILES string of the molecule is CC(C)(C)OC(=O)NC1(C(=O)N[C@H](C#N)Cc2ccc3c(c2)CN(c2cccc(C#N)c2)C3=O)CCOCC1. The summed E-state index contributed by atoms with van der Waals surface area (Å²) in [6.07, 6.45) is 0.00775. The largest absolute Gasteiger partial charge is 0.444 e. The minimum Gasteiger partial charge on any atom is -0.444 e. The molecule has 2 N–H and O–H groups in total. The van der Waals surface area contributed by atoms with E-state index < -0.39 is 29.2 Å². The third-order valence-corrected chi connectivity index (χ3v) is 6.68. The molecular formula is C29H31N5O5. The molecule has 0 aromatic heterocycles. The third-order valence-electron chi connectivity index (χ3n) is 6.68. The van der Waals surface area contributed by atoms with Crippen molar-refractivity contribution in [2.45, 2.75) is 63.8 Å². The van der Waals surface area contributed by atoms with Crippen molar-refractivity contribution in [1.82, 2.24) is 10.6 Å². The quantitative estimate of drug-likeness (QED) is 0.584. The molecule has 2 aromatic rings. The van der Waals surface area contributed by atoms with Crippen LogP contribution in [0.5, 0.6) is 0 Å². The molecule has 0 spiro atoms. The average Bonchev–Trinajstić information content (AvgIpc) is 3.23. The first-order valence-electron chi connectivity index (χ1n) is 12.8. The van der Waals surface area contributed by atoms with Gasteiger partial charge in [0, 0.05) is 43.7 Å². The number of nitrogens with zero attached hydrogens (tertiary/aromatic N) is 3. The van der Waals surface area contributed by atoms with Gasteiger partial charge in [0.15, 0.2) is 0 Å². The zero-order chi connectivity index (χ0) is 28.2. The van der Waals surface area contributed by atoms with Crippen LogP contribution in [-0.2, 0) is 27.2 Å². The Kier molecular flexibility index (Phi) is 7.89. The van der Waals surface area contributed by atoms with Crippen molar-refractivity contribution < 1.29 is 23.9 Å². The number of carbonyl (C=O) groups excluding carboxylic acids is 3. The number of fused-ring (bicyclic) bond motifs is 1. The highest BCUT2D eigenvalue weighted by Gasteiger charge is 2.43. The van der Waals surface area contributed by atoms with Crippen molar-refractivity contribution in [1.29, 1.82) is 10.5 Å². The molecule has 1 atom stereocenters. The summed E-state index contributed by atoms with van der Waals surface area (Å²) in [5, 5.41) is 24.5. The fraction of sp³-hybridized carbons (Fsp3) is 0.414. The van der Waals surface area contributed by atoms with Gasteiger partial charge < -0.3 is 25.0 Å². The first-order valence-corrected chi connectivity index (χ1v) is 12.8. The molecular weight excluding hydrogens is 498 g/mol. The molecule has 202 valence electrons. The second-order valence-corrected chi connectivity index (χ2v) is 10.7. The molecule has 1 fully saturated rings. The minimum absolute atomic E-state index is 0.161. The Morgan fingerprint density at radius 1 is 1.15 bits per heavy atom. The molecule has 39 heavy (non-hydrogen) atoms. The lowest BCUT2D eigenvalue weighted by atomic mass is 9.88. The Morgan fingerprint density at radius 3 is 2.56 bits per heavy atom. The number of rotatable bonds is 6. The zero-order valence-electron chi connectivity index (χ0n) is 22.2. The van der Waals surface area contributed by atoms with E-state index in [2.05, 4.69) is 22.8 Å². The van der Waals surface area contributed by atoms with E-state index in [4.69, 9.17) is 9.47 Å². The maximum Gasteiger partial charge on any atom is 0.408 e. The summed E-state index contributed by atoms with van der Waals surface area (Å²) < 4.78 is 10.8. The van der Waals surface area contributed by atoms with Crippen LogP contribution in [0.25, 0.3) is 0 Å². The van der Waals surface area contributed by atoms with Gasteiger partial charge in [0.05, 0.1) is 24.2 Å². The lowest BCUT2D eigenvalue weighted by molar-refractivity contribution is -0.132. The van der Waals surface area contributed by atoms with Crippen LogP contribution in [0.15, 0.2) is 42.5 Å². The number of carbonyl (C=O) groups is 3. The molecule has 2 heterocycles. The summed E-state index contributed by atoms with van der Waals surface area (Å²) in [6, 6.07) is 15.6. The summed E-state index contributed by atoms with van der Waals surface area (Å²) in [5.41, 5.74) is 1.26. The van der Waals surface area contributed by atoms with Crippen LogP contribution in [0, 0.1) is 22.7 Å². The highest BCUT2D eigenvalue weighted by Crippen LogP contribution is 2.30. The van der Waals surface area contributed by atoms with E-state index in [-0.39, 0.29) is 38.4 Å². The smallest absolute Gasteiger partial charge is 0.408 e. The van der Waals surface area contributed by atoms with Gasteiger partial charge in [-0.2, -0.15) is 10.5 Å². The molecule has 2 aliphatic rings. The van der Waals surface area contributed by atoms with E-state index in [1.54, 1.807) is 62.1 Å². The van der Waals surface area contributed by atoms with Crippen molar-refractivity contribution >= 4 is 23.6 Å². The normalized spacial score (nSPS) is 16.8. The fourth-order valence-electron chi connectivity index (χ4n) is 4.74. The molecule has 0 saturated carbocycles. The number of nitriles is 2. The molecule has 0 radical (unpaired) electrons. The number of ether oxygens (including phenoxy) is 2. The molecule has 10 heteroatoms. The number of hydrogen-bond acceptors (Lipinski definition) is 7. The second-order valence-electron chi connectivity index (χ2n) is 10.7. The third kappa shape index (κ3) is 6.36. The second kappa shape index (κ2) is 11.1. The molecule has 0 bridgehead atoms. The first-order chi connectivity index (χ1) is 18.5. The summed E-state index contributed by atoms with van der Waals surface area (Å²) in [5.74, 6) is -0.630. The summed E-state index contributed by atoms with van der Waals surface area (Å²) in [6.45, 7) is 6.12. The number of hydrogen-bond donors (Lipinski definition) is 2. The number of nitrogens with one attached hydrogen (secondary N) is 2. The predicted molar refractivity (Wildman–Crippen MR) is 142 cm³/mol. The monoisotopic (exact) mass is 529 g/mol. The van der Waals surface area contributed by atoms with E-state index >= 15 is 0 Å². The number of amides is 3. The van der Waals surface area contributed by atoms with Gasteiger partial charge in [-0.15, -0.1) is 0 Å². The molecule has 2 aromatic carbocycles. The lowest BCUT2D eigenvalue weighted by Gasteiger charge is -2.37. The van der Waals surface area contributed by atoms with Crippen LogP contribution in [-0.4, -0.2) is 48.3 Å². The van der Waals surface area contributed by atoms with E-state index in [1.165, 1.54) is 0 Å². The molecule has 0 aliphatic carbocycles.